The fourth-order valence-electron chi connectivity index (χ4n) is 5.11. The molecular weight excluding hydrogens is 502 g/mol. The highest BCUT2D eigenvalue weighted by Crippen LogP contribution is 2.46. The average molecular weight is 538 g/mol. The van der Waals surface area contributed by atoms with Gasteiger partial charge >= 0.3 is 11.9 Å². The normalized spacial score (nSPS) is 20.9. The van der Waals surface area contributed by atoms with E-state index in [9.17, 15) is 14.4 Å². The molecule has 0 spiro atoms. The fraction of sp³-hybridized carbons (Fsp3) is 0.448. The Bertz CT molecular complexity index is 1230. The molecule has 1 saturated heterocycles. The molecule has 1 amide bonds. The molecule has 8 nitrogen and oxygen atoms in total. The van der Waals surface area contributed by atoms with Gasteiger partial charge in [0.2, 0.25) is 5.91 Å². The minimum absolute atomic E-state index is 0.0612. The van der Waals surface area contributed by atoms with Gasteiger partial charge in [-0.1, -0.05) is 48.2 Å². The van der Waals surface area contributed by atoms with Gasteiger partial charge in [0.05, 0.1) is 36.3 Å². The van der Waals surface area contributed by atoms with Crippen LogP contribution in [0.2, 0.25) is 0 Å². The van der Waals surface area contributed by atoms with Gasteiger partial charge in [-0.05, 0) is 57.1 Å². The first-order valence-electron chi connectivity index (χ1n) is 13.0. The van der Waals surface area contributed by atoms with E-state index < -0.39 is 12.0 Å². The Kier molecular flexibility index (Phi) is 8.76. The molecule has 1 fully saturated rings. The van der Waals surface area contributed by atoms with Crippen LogP contribution in [0.3, 0.4) is 0 Å². The van der Waals surface area contributed by atoms with Crippen LogP contribution in [-0.4, -0.2) is 59.1 Å². The van der Waals surface area contributed by atoms with Crippen molar-refractivity contribution in [1.29, 1.82) is 0 Å². The Morgan fingerprint density at radius 2 is 2.00 bits per heavy atom. The molecule has 2 atom stereocenters. The van der Waals surface area contributed by atoms with Crippen molar-refractivity contribution < 1.29 is 23.9 Å². The number of ether oxygens (including phenoxy) is 2. The number of hydrogen-bond acceptors (Lipinski definition) is 8. The van der Waals surface area contributed by atoms with Gasteiger partial charge in [-0.2, -0.15) is 0 Å². The summed E-state index contributed by atoms with van der Waals surface area (Å²) in [5, 5.41) is 2.66. The van der Waals surface area contributed by atoms with E-state index in [-0.39, 0.29) is 30.8 Å². The summed E-state index contributed by atoms with van der Waals surface area (Å²) in [5.41, 5.74) is 4.87. The van der Waals surface area contributed by atoms with Crippen molar-refractivity contribution in [3.8, 4) is 0 Å². The zero-order chi connectivity index (χ0) is 27.4. The van der Waals surface area contributed by atoms with E-state index in [4.69, 9.17) is 14.5 Å². The number of amides is 1. The first-order chi connectivity index (χ1) is 18.2. The number of benzene rings is 1. The SMILES string of the molecule is C=CCOC(=O)C1=C(C)N=C2SC=C(CC(=O)N3CCCC(C(=O)OCC)C3)N2C1c1cc(C)ccc1C. The third-order valence-electron chi connectivity index (χ3n) is 7.01. The molecule has 4 rings (SSSR count). The van der Waals surface area contributed by atoms with Gasteiger partial charge in [0.25, 0.3) is 0 Å². The maximum atomic E-state index is 13.5. The second kappa shape index (κ2) is 12.0. The number of piperidine rings is 1. The summed E-state index contributed by atoms with van der Waals surface area (Å²) in [4.78, 5) is 47.6. The van der Waals surface area contributed by atoms with E-state index in [0.29, 0.717) is 31.0 Å². The molecule has 3 aliphatic rings. The Labute approximate surface area is 228 Å². The van der Waals surface area contributed by atoms with Crippen LogP contribution in [0.4, 0.5) is 0 Å². The van der Waals surface area contributed by atoms with Crippen LogP contribution >= 0.6 is 11.8 Å². The summed E-state index contributed by atoms with van der Waals surface area (Å²) in [5.74, 6) is -1.06. The topological polar surface area (TPSA) is 88.5 Å². The molecule has 9 heteroatoms. The molecule has 0 aliphatic carbocycles. The molecule has 202 valence electrons. The van der Waals surface area contributed by atoms with Crippen molar-refractivity contribution in [2.75, 3.05) is 26.3 Å². The molecule has 0 bridgehead atoms. The number of likely N-dealkylation sites (tertiary alicyclic amines) is 1. The lowest BCUT2D eigenvalue weighted by Gasteiger charge is -2.38. The number of hydrogen-bond donors (Lipinski definition) is 0. The van der Waals surface area contributed by atoms with Crippen LogP contribution in [0, 0.1) is 19.8 Å². The van der Waals surface area contributed by atoms with Crippen LogP contribution < -0.4 is 0 Å². The van der Waals surface area contributed by atoms with Crippen molar-refractivity contribution in [2.24, 2.45) is 10.9 Å². The lowest BCUT2D eigenvalue weighted by molar-refractivity contribution is -0.151. The van der Waals surface area contributed by atoms with Crippen LogP contribution in [0.25, 0.3) is 0 Å². The molecule has 2 unspecified atom stereocenters. The second-order valence-corrected chi connectivity index (χ2v) is 10.6. The van der Waals surface area contributed by atoms with E-state index in [1.165, 1.54) is 17.8 Å². The van der Waals surface area contributed by atoms with Crippen LogP contribution in [0.1, 0.15) is 55.8 Å². The second-order valence-electron chi connectivity index (χ2n) is 9.75. The summed E-state index contributed by atoms with van der Waals surface area (Å²) >= 11 is 1.45. The monoisotopic (exact) mass is 537 g/mol. The smallest absolute Gasteiger partial charge is 0.338 e. The molecule has 38 heavy (non-hydrogen) atoms. The van der Waals surface area contributed by atoms with Gasteiger partial charge in [-0.25, -0.2) is 9.79 Å². The van der Waals surface area contributed by atoms with Gasteiger partial charge in [0.15, 0.2) is 5.17 Å². The third-order valence-corrected chi connectivity index (χ3v) is 7.90. The predicted octanol–water partition coefficient (Wildman–Crippen LogP) is 4.80. The number of carbonyl (C=O) groups is 3. The molecule has 1 aromatic rings. The molecule has 0 radical (unpaired) electrons. The molecule has 0 N–H and O–H groups in total. The van der Waals surface area contributed by atoms with Gasteiger partial charge in [0.1, 0.15) is 6.61 Å². The molecule has 3 aliphatic heterocycles. The van der Waals surface area contributed by atoms with E-state index >= 15 is 0 Å². The number of rotatable bonds is 8. The first-order valence-corrected chi connectivity index (χ1v) is 13.9. The number of nitrogens with zero attached hydrogens (tertiary/aromatic N) is 3. The summed E-state index contributed by atoms with van der Waals surface area (Å²) < 4.78 is 10.7. The largest absolute Gasteiger partial charge is 0.466 e. The number of carbonyl (C=O) groups excluding carboxylic acids is 3. The maximum Gasteiger partial charge on any atom is 0.338 e. The quantitative estimate of drug-likeness (QED) is 0.348. The van der Waals surface area contributed by atoms with E-state index in [1.54, 1.807) is 11.8 Å². The van der Waals surface area contributed by atoms with Gasteiger partial charge in [-0.3, -0.25) is 9.59 Å². The van der Waals surface area contributed by atoms with Crippen molar-refractivity contribution in [3.05, 3.63) is 69.9 Å². The Hall–Kier alpha value is -3.33. The van der Waals surface area contributed by atoms with E-state index in [2.05, 4.69) is 12.6 Å². The minimum Gasteiger partial charge on any atom is -0.466 e. The van der Waals surface area contributed by atoms with Gasteiger partial charge in [0, 0.05) is 18.8 Å². The molecular formula is C29H35N3O5S. The van der Waals surface area contributed by atoms with Crippen molar-refractivity contribution >= 4 is 34.8 Å². The lowest BCUT2D eigenvalue weighted by Crippen LogP contribution is -2.44. The molecule has 0 saturated carbocycles. The number of aryl methyl sites for hydroxylation is 2. The van der Waals surface area contributed by atoms with Crippen molar-refractivity contribution in [1.82, 2.24) is 9.80 Å². The molecule has 1 aromatic carbocycles. The summed E-state index contributed by atoms with van der Waals surface area (Å²) in [7, 11) is 0. The number of allylic oxidation sites excluding steroid dienone is 1. The standard InChI is InChI=1S/C29H35N3O5S/c1-6-13-37-28(35)25-20(5)30-29-32(26(25)23-14-18(3)10-11-19(23)4)22(17-38-29)15-24(33)31-12-8-9-21(16-31)27(34)36-7-2/h6,10-11,14,17,21,26H,1,7-9,12-13,15-16H2,2-5H3. The Morgan fingerprint density at radius 1 is 1.21 bits per heavy atom. The zero-order valence-corrected chi connectivity index (χ0v) is 23.3. The fourth-order valence-corrected chi connectivity index (χ4v) is 6.08. The third kappa shape index (κ3) is 5.72. The summed E-state index contributed by atoms with van der Waals surface area (Å²) in [6.45, 7) is 12.7. The number of esters is 2. The lowest BCUT2D eigenvalue weighted by atomic mass is 9.90. The Balaban J connectivity index is 1.64. The van der Waals surface area contributed by atoms with Crippen molar-refractivity contribution in [3.63, 3.8) is 0 Å². The van der Waals surface area contributed by atoms with Gasteiger partial charge < -0.3 is 19.3 Å². The summed E-state index contributed by atoms with van der Waals surface area (Å²) in [6.07, 6.45) is 3.15. The highest BCUT2D eigenvalue weighted by atomic mass is 32.2. The van der Waals surface area contributed by atoms with Crippen molar-refractivity contribution in [2.45, 2.75) is 53.0 Å². The number of thioether (sulfide) groups is 1. The maximum absolute atomic E-state index is 13.5. The average Bonchev–Trinajstić information content (AvgIpc) is 3.29. The Morgan fingerprint density at radius 3 is 2.74 bits per heavy atom. The summed E-state index contributed by atoms with van der Waals surface area (Å²) in [6, 6.07) is 5.67. The van der Waals surface area contributed by atoms with E-state index in [0.717, 1.165) is 40.4 Å². The van der Waals surface area contributed by atoms with Gasteiger partial charge in [-0.15, -0.1) is 0 Å². The van der Waals surface area contributed by atoms with Crippen LogP contribution in [-0.2, 0) is 23.9 Å². The van der Waals surface area contributed by atoms with Crippen LogP contribution in [0.5, 0.6) is 0 Å². The number of fused-ring (bicyclic) bond motifs is 1. The predicted molar refractivity (Wildman–Crippen MR) is 148 cm³/mol. The highest BCUT2D eigenvalue weighted by molar-refractivity contribution is 8.16. The highest BCUT2D eigenvalue weighted by Gasteiger charge is 2.42. The first kappa shape index (κ1) is 27.7. The molecule has 3 heterocycles. The van der Waals surface area contributed by atoms with Crippen LogP contribution in [0.15, 0.2) is 58.2 Å². The zero-order valence-electron chi connectivity index (χ0n) is 22.5. The number of aliphatic imine (C=N–C) groups is 1. The number of amidine groups is 1. The molecule has 0 aromatic heterocycles. The van der Waals surface area contributed by atoms with E-state index in [1.807, 2.05) is 43.2 Å². The minimum atomic E-state index is -0.484.